The summed E-state index contributed by atoms with van der Waals surface area (Å²) in [5.41, 5.74) is -0.456. The lowest BCUT2D eigenvalue weighted by Gasteiger charge is -2.30. The van der Waals surface area contributed by atoms with Gasteiger partial charge in [0.1, 0.15) is 0 Å². The van der Waals surface area contributed by atoms with Crippen LogP contribution in [0.5, 0.6) is 0 Å². The molecule has 0 N–H and O–H groups in total. The number of likely N-dealkylation sites (tertiary alicyclic amines) is 1. The second-order valence-electron chi connectivity index (χ2n) is 4.60. The summed E-state index contributed by atoms with van der Waals surface area (Å²) in [7, 11) is 0. The smallest absolute Gasteiger partial charge is 0.423 e. The summed E-state index contributed by atoms with van der Waals surface area (Å²) in [6.45, 7) is 7.21. The van der Waals surface area contributed by atoms with Crippen LogP contribution in [0.15, 0.2) is 24.3 Å². The van der Waals surface area contributed by atoms with Crippen LogP contribution in [0.3, 0.4) is 0 Å². The fourth-order valence-electron chi connectivity index (χ4n) is 2.46. The van der Waals surface area contributed by atoms with E-state index in [1.54, 1.807) is 26.0 Å². The summed E-state index contributed by atoms with van der Waals surface area (Å²) in [6.07, 6.45) is 3.08. The molecule has 3 amide bonds. The van der Waals surface area contributed by atoms with E-state index in [0.717, 1.165) is 0 Å². The molecule has 0 aromatic carbocycles. The molecule has 0 aromatic heterocycles. The molecular weight excluding hydrogens is 234 g/mol. The molecule has 1 fully saturated rings. The average molecular weight is 249 g/mol. The molecule has 96 valence electrons. The van der Waals surface area contributed by atoms with E-state index in [4.69, 9.17) is 4.74 Å². The molecule has 1 saturated heterocycles. The fourth-order valence-corrected chi connectivity index (χ4v) is 2.46. The largest absolute Gasteiger partial charge is 0.449 e. The summed E-state index contributed by atoms with van der Waals surface area (Å²) in [5.74, 6) is -1.58. The first-order valence-corrected chi connectivity index (χ1v) is 5.85. The third kappa shape index (κ3) is 1.43. The molecule has 0 saturated carbocycles. The zero-order valence-corrected chi connectivity index (χ0v) is 10.4. The maximum Gasteiger partial charge on any atom is 0.423 e. The van der Waals surface area contributed by atoms with E-state index in [-0.39, 0.29) is 6.61 Å². The molecule has 2 aliphatic rings. The van der Waals surface area contributed by atoms with Crippen LogP contribution in [0.4, 0.5) is 4.79 Å². The van der Waals surface area contributed by atoms with Crippen molar-refractivity contribution in [2.75, 3.05) is 6.61 Å². The molecule has 1 heterocycles. The Bertz CT molecular complexity index is 479. The lowest BCUT2D eigenvalue weighted by atomic mass is 9.69. The van der Waals surface area contributed by atoms with Gasteiger partial charge in [-0.3, -0.25) is 9.59 Å². The molecule has 5 nitrogen and oxygen atoms in total. The predicted octanol–water partition coefficient (Wildman–Crippen LogP) is 1.65. The molecule has 2 unspecified atom stereocenters. The number of hydrogen-bond donors (Lipinski definition) is 0. The minimum atomic E-state index is -1.02. The van der Waals surface area contributed by atoms with Gasteiger partial charge < -0.3 is 4.74 Å². The van der Waals surface area contributed by atoms with Gasteiger partial charge in [-0.1, -0.05) is 18.7 Å². The number of hydrogen-bond acceptors (Lipinski definition) is 4. The van der Waals surface area contributed by atoms with Gasteiger partial charge in [-0.25, -0.2) is 4.79 Å². The van der Waals surface area contributed by atoms with Crippen molar-refractivity contribution in [2.45, 2.75) is 20.3 Å². The summed E-state index contributed by atoms with van der Waals surface area (Å²) < 4.78 is 4.75. The zero-order chi connectivity index (χ0) is 13.5. The number of fused-ring (bicyclic) bond motifs is 1. The Hall–Kier alpha value is -1.91. The summed E-state index contributed by atoms with van der Waals surface area (Å²) in [5, 5.41) is 0. The maximum absolute atomic E-state index is 12.3. The van der Waals surface area contributed by atoms with Crippen LogP contribution >= 0.6 is 0 Å². The van der Waals surface area contributed by atoms with Crippen LogP contribution < -0.4 is 0 Å². The van der Waals surface area contributed by atoms with Crippen molar-refractivity contribution >= 4 is 17.9 Å². The van der Waals surface area contributed by atoms with Crippen LogP contribution in [0.25, 0.3) is 0 Å². The lowest BCUT2D eigenvalue weighted by molar-refractivity contribution is -0.138. The minimum Gasteiger partial charge on any atom is -0.449 e. The monoisotopic (exact) mass is 249 g/mol. The Morgan fingerprint density at radius 1 is 1.61 bits per heavy atom. The fraction of sp³-hybridized carbons (Fsp3) is 0.462. The zero-order valence-electron chi connectivity index (χ0n) is 10.4. The van der Waals surface area contributed by atoms with Gasteiger partial charge in [0, 0.05) is 0 Å². The van der Waals surface area contributed by atoms with Gasteiger partial charge in [0.25, 0.3) is 0 Å². The van der Waals surface area contributed by atoms with E-state index in [9.17, 15) is 14.4 Å². The first kappa shape index (κ1) is 12.5. The summed E-state index contributed by atoms with van der Waals surface area (Å²) in [6, 6.07) is 0. The van der Waals surface area contributed by atoms with E-state index in [2.05, 4.69) is 6.58 Å². The van der Waals surface area contributed by atoms with Crippen molar-refractivity contribution < 1.29 is 19.1 Å². The van der Waals surface area contributed by atoms with Gasteiger partial charge in [-0.05, 0) is 25.8 Å². The number of carbonyl (C=O) groups is 3. The molecule has 18 heavy (non-hydrogen) atoms. The third-order valence-corrected chi connectivity index (χ3v) is 3.67. The number of imide groups is 3. The minimum absolute atomic E-state index is 0.121. The Labute approximate surface area is 105 Å². The topological polar surface area (TPSA) is 63.7 Å². The van der Waals surface area contributed by atoms with Gasteiger partial charge in [-0.2, -0.15) is 4.90 Å². The van der Waals surface area contributed by atoms with E-state index < -0.39 is 29.2 Å². The second-order valence-corrected chi connectivity index (χ2v) is 4.60. The number of ether oxygens (including phenoxy) is 1. The summed E-state index contributed by atoms with van der Waals surface area (Å²) >= 11 is 0. The summed E-state index contributed by atoms with van der Waals surface area (Å²) in [4.78, 5) is 36.7. The molecule has 0 spiro atoms. The highest BCUT2D eigenvalue weighted by Gasteiger charge is 2.60. The Kier molecular flexibility index (Phi) is 2.84. The Morgan fingerprint density at radius 2 is 2.28 bits per heavy atom. The van der Waals surface area contributed by atoms with Crippen molar-refractivity contribution in [3.8, 4) is 0 Å². The molecule has 0 radical (unpaired) electrons. The molecule has 2 rings (SSSR count). The highest BCUT2D eigenvalue weighted by atomic mass is 16.6. The standard InChI is InChI=1S/C13H15NO4/c1-4-18-12(17)14-10(15)9-7-5-6-8(2)13(9,3)11(14)16/h5-6,9H,2,4,7H2,1,3H3. The Morgan fingerprint density at radius 3 is 2.83 bits per heavy atom. The number of rotatable bonds is 1. The van der Waals surface area contributed by atoms with E-state index in [1.807, 2.05) is 0 Å². The third-order valence-electron chi connectivity index (χ3n) is 3.67. The van der Waals surface area contributed by atoms with Crippen LogP contribution in [-0.2, 0) is 14.3 Å². The maximum atomic E-state index is 12.3. The van der Waals surface area contributed by atoms with Crippen LogP contribution in [0.1, 0.15) is 20.3 Å². The SMILES string of the molecule is C=C1C=CCC2C(=O)N(C(=O)OCC)C(=O)C12C. The number of allylic oxidation sites excluding steroid dienone is 2. The van der Waals surface area contributed by atoms with Crippen molar-refractivity contribution in [2.24, 2.45) is 11.3 Å². The second kappa shape index (κ2) is 4.08. The van der Waals surface area contributed by atoms with Gasteiger partial charge in [-0.15, -0.1) is 0 Å². The molecule has 1 aliphatic carbocycles. The van der Waals surface area contributed by atoms with Crippen molar-refractivity contribution in [1.29, 1.82) is 0 Å². The normalized spacial score (nSPS) is 30.7. The van der Waals surface area contributed by atoms with E-state index in [1.165, 1.54) is 0 Å². The van der Waals surface area contributed by atoms with Crippen molar-refractivity contribution in [3.63, 3.8) is 0 Å². The first-order chi connectivity index (χ1) is 8.44. The quantitative estimate of drug-likeness (QED) is 0.663. The molecule has 1 aliphatic heterocycles. The number of carbonyl (C=O) groups excluding carboxylic acids is 3. The van der Waals surface area contributed by atoms with Gasteiger partial charge >= 0.3 is 6.09 Å². The highest BCUT2D eigenvalue weighted by Crippen LogP contribution is 2.48. The van der Waals surface area contributed by atoms with Crippen LogP contribution in [0, 0.1) is 11.3 Å². The highest BCUT2D eigenvalue weighted by molar-refractivity contribution is 6.18. The van der Waals surface area contributed by atoms with E-state index >= 15 is 0 Å². The van der Waals surface area contributed by atoms with Crippen LogP contribution in [-0.4, -0.2) is 29.4 Å². The van der Waals surface area contributed by atoms with Crippen molar-refractivity contribution in [1.82, 2.24) is 4.90 Å². The number of amides is 3. The van der Waals surface area contributed by atoms with Crippen LogP contribution in [0.2, 0.25) is 0 Å². The first-order valence-electron chi connectivity index (χ1n) is 5.85. The van der Waals surface area contributed by atoms with Gasteiger partial charge in [0.05, 0.1) is 17.9 Å². The average Bonchev–Trinajstić information content (AvgIpc) is 2.51. The molecule has 5 heteroatoms. The Balaban J connectivity index is 2.41. The predicted molar refractivity (Wildman–Crippen MR) is 63.4 cm³/mol. The van der Waals surface area contributed by atoms with E-state index in [0.29, 0.717) is 16.9 Å². The molecular formula is C13H15NO4. The molecule has 2 atom stereocenters. The van der Waals surface area contributed by atoms with Gasteiger partial charge in [0.2, 0.25) is 11.8 Å². The molecule has 0 bridgehead atoms. The van der Waals surface area contributed by atoms with Crippen molar-refractivity contribution in [3.05, 3.63) is 24.3 Å². The number of nitrogens with zero attached hydrogens (tertiary/aromatic N) is 1. The molecule has 0 aromatic rings. The lowest BCUT2D eigenvalue weighted by Crippen LogP contribution is -2.39. The van der Waals surface area contributed by atoms with Gasteiger partial charge in [0.15, 0.2) is 0 Å².